The van der Waals surface area contributed by atoms with Crippen molar-refractivity contribution in [1.29, 1.82) is 0 Å². The van der Waals surface area contributed by atoms with E-state index in [2.05, 4.69) is 15.3 Å². The summed E-state index contributed by atoms with van der Waals surface area (Å²) in [6.45, 7) is 5.77. The highest BCUT2D eigenvalue weighted by Gasteiger charge is 2.14. The molecule has 0 aliphatic heterocycles. The molecule has 1 amide bonds. The van der Waals surface area contributed by atoms with E-state index in [-0.39, 0.29) is 23.1 Å². The Morgan fingerprint density at radius 2 is 2.04 bits per heavy atom. The lowest BCUT2D eigenvalue weighted by Crippen LogP contribution is -2.12. The summed E-state index contributed by atoms with van der Waals surface area (Å²) >= 11 is 2.85. The van der Waals surface area contributed by atoms with Gasteiger partial charge in [-0.25, -0.2) is 9.97 Å². The summed E-state index contributed by atoms with van der Waals surface area (Å²) < 4.78 is 5.80. The van der Waals surface area contributed by atoms with Gasteiger partial charge in [0.1, 0.15) is 5.75 Å². The Morgan fingerprint density at radius 3 is 2.63 bits per heavy atom. The van der Waals surface area contributed by atoms with E-state index in [9.17, 15) is 4.79 Å². The maximum Gasteiger partial charge on any atom is 0.248 e. The molecule has 0 bridgehead atoms. The summed E-state index contributed by atoms with van der Waals surface area (Å²) in [5.41, 5.74) is 13.8. The van der Waals surface area contributed by atoms with Gasteiger partial charge in [-0.15, -0.1) is 28.3 Å². The standard InChI is InChI=1S/C17H19N5O2S2.BrH/c1-8(2)24-13-5-4-10(15(18)23)6-11(13)21-17-22-12(7-25-17)14-9(3)20-16(19)26-14;/h4-8H,1-3H3,(H2,18,23)(H2,19,20)(H,21,22);1H. The topological polar surface area (TPSA) is 116 Å². The largest absolute Gasteiger partial charge is 0.489 e. The van der Waals surface area contributed by atoms with Crippen LogP contribution in [0.2, 0.25) is 0 Å². The van der Waals surface area contributed by atoms with Crippen molar-refractivity contribution in [2.24, 2.45) is 5.73 Å². The maximum atomic E-state index is 11.5. The van der Waals surface area contributed by atoms with Crippen molar-refractivity contribution in [3.63, 3.8) is 0 Å². The number of benzene rings is 1. The predicted octanol–water partition coefficient (Wildman–Crippen LogP) is 4.36. The first kappa shape index (κ1) is 21.1. The Labute approximate surface area is 175 Å². The number of primary amides is 1. The van der Waals surface area contributed by atoms with E-state index in [0.29, 0.717) is 27.3 Å². The van der Waals surface area contributed by atoms with Gasteiger partial charge in [0.15, 0.2) is 10.3 Å². The van der Waals surface area contributed by atoms with Gasteiger partial charge in [0, 0.05) is 10.9 Å². The molecule has 0 saturated carbocycles. The quantitative estimate of drug-likeness (QED) is 0.493. The molecule has 0 atom stereocenters. The normalized spacial score (nSPS) is 10.5. The minimum absolute atomic E-state index is 0. The van der Waals surface area contributed by atoms with Crippen molar-refractivity contribution in [2.75, 3.05) is 11.1 Å². The molecule has 0 aliphatic carbocycles. The summed E-state index contributed by atoms with van der Waals surface area (Å²) in [6.07, 6.45) is -0.00958. The van der Waals surface area contributed by atoms with Gasteiger partial charge in [-0.3, -0.25) is 4.79 Å². The van der Waals surface area contributed by atoms with Crippen LogP contribution in [-0.4, -0.2) is 22.0 Å². The van der Waals surface area contributed by atoms with Gasteiger partial charge >= 0.3 is 0 Å². The monoisotopic (exact) mass is 469 g/mol. The molecule has 144 valence electrons. The fourth-order valence-electron chi connectivity index (χ4n) is 2.34. The zero-order valence-electron chi connectivity index (χ0n) is 15.0. The Kier molecular flexibility index (Phi) is 6.79. The van der Waals surface area contributed by atoms with Crippen LogP contribution in [0.5, 0.6) is 5.75 Å². The Hall–Kier alpha value is -2.17. The van der Waals surface area contributed by atoms with Crippen molar-refractivity contribution in [3.8, 4) is 16.3 Å². The minimum atomic E-state index is -0.500. The second kappa shape index (κ2) is 8.68. The molecule has 27 heavy (non-hydrogen) atoms. The van der Waals surface area contributed by atoms with E-state index in [0.717, 1.165) is 16.3 Å². The molecular weight excluding hydrogens is 450 g/mol. The van der Waals surface area contributed by atoms with E-state index in [1.54, 1.807) is 18.2 Å². The molecule has 1 aromatic carbocycles. The van der Waals surface area contributed by atoms with Gasteiger partial charge in [0.25, 0.3) is 0 Å². The molecular formula is C17H20BrN5O2S2. The Morgan fingerprint density at radius 1 is 1.30 bits per heavy atom. The average Bonchev–Trinajstić information content (AvgIpc) is 3.14. The van der Waals surface area contributed by atoms with Crippen molar-refractivity contribution in [2.45, 2.75) is 26.9 Å². The number of halogens is 1. The first-order chi connectivity index (χ1) is 12.3. The molecule has 2 aromatic heterocycles. The number of carbonyl (C=O) groups excluding carboxylic acids is 1. The molecule has 7 nitrogen and oxygen atoms in total. The molecule has 5 N–H and O–H groups in total. The number of aromatic nitrogens is 2. The highest BCUT2D eigenvalue weighted by atomic mass is 79.9. The van der Waals surface area contributed by atoms with Crippen LogP contribution in [0, 0.1) is 6.92 Å². The number of rotatable bonds is 6. The number of nitrogens with one attached hydrogen (secondary N) is 1. The third kappa shape index (κ3) is 4.96. The Bertz CT molecular complexity index is 955. The minimum Gasteiger partial charge on any atom is -0.489 e. The van der Waals surface area contributed by atoms with E-state index < -0.39 is 5.91 Å². The third-order valence-electron chi connectivity index (χ3n) is 3.42. The summed E-state index contributed by atoms with van der Waals surface area (Å²) in [4.78, 5) is 21.3. The fourth-order valence-corrected chi connectivity index (χ4v) is 3.93. The smallest absolute Gasteiger partial charge is 0.248 e. The number of carbonyl (C=O) groups is 1. The van der Waals surface area contributed by atoms with Crippen LogP contribution >= 0.6 is 39.7 Å². The van der Waals surface area contributed by atoms with Gasteiger partial charge in [-0.2, -0.15) is 0 Å². The zero-order chi connectivity index (χ0) is 18.8. The van der Waals surface area contributed by atoms with Crippen molar-refractivity contribution >= 4 is 61.5 Å². The lowest BCUT2D eigenvalue weighted by atomic mass is 10.1. The lowest BCUT2D eigenvalue weighted by molar-refractivity contribution is 0.100. The Balaban J connectivity index is 0.00000261. The van der Waals surface area contributed by atoms with Gasteiger partial charge in [0.05, 0.1) is 28.1 Å². The SMILES string of the molecule is Br.Cc1nc(N)sc1-c1csc(Nc2cc(C(N)=O)ccc2OC(C)C)n1. The van der Waals surface area contributed by atoms with Crippen molar-refractivity contribution < 1.29 is 9.53 Å². The van der Waals surface area contributed by atoms with Gasteiger partial charge in [0.2, 0.25) is 5.91 Å². The van der Waals surface area contributed by atoms with E-state index in [4.69, 9.17) is 16.2 Å². The highest BCUT2D eigenvalue weighted by Crippen LogP contribution is 2.36. The van der Waals surface area contributed by atoms with Crippen molar-refractivity contribution in [1.82, 2.24) is 9.97 Å². The molecule has 3 rings (SSSR count). The van der Waals surface area contributed by atoms with E-state index >= 15 is 0 Å². The van der Waals surface area contributed by atoms with Crippen LogP contribution < -0.4 is 21.5 Å². The molecule has 10 heteroatoms. The molecule has 0 radical (unpaired) electrons. The van der Waals surface area contributed by atoms with Gasteiger partial charge < -0.3 is 21.5 Å². The first-order valence-electron chi connectivity index (χ1n) is 7.90. The number of nitrogens with zero attached hydrogens (tertiary/aromatic N) is 2. The highest BCUT2D eigenvalue weighted by molar-refractivity contribution is 8.93. The number of thiazole rings is 2. The third-order valence-corrected chi connectivity index (χ3v) is 5.19. The summed E-state index contributed by atoms with van der Waals surface area (Å²) in [7, 11) is 0. The lowest BCUT2D eigenvalue weighted by Gasteiger charge is -2.15. The average molecular weight is 470 g/mol. The summed E-state index contributed by atoms with van der Waals surface area (Å²) in [5.74, 6) is 0.125. The molecule has 0 unspecified atom stereocenters. The molecule has 0 spiro atoms. The second-order valence-electron chi connectivity index (χ2n) is 5.87. The fraction of sp³-hybridized carbons (Fsp3) is 0.235. The van der Waals surface area contributed by atoms with Crippen molar-refractivity contribution in [3.05, 3.63) is 34.8 Å². The number of amides is 1. The van der Waals surface area contributed by atoms with E-state index in [1.807, 2.05) is 26.2 Å². The van der Waals surface area contributed by atoms with Crippen LogP contribution in [-0.2, 0) is 0 Å². The number of ether oxygens (including phenoxy) is 1. The zero-order valence-corrected chi connectivity index (χ0v) is 18.3. The number of hydrogen-bond donors (Lipinski definition) is 3. The van der Waals surface area contributed by atoms with Gasteiger partial charge in [-0.1, -0.05) is 11.3 Å². The molecule has 0 saturated heterocycles. The summed E-state index contributed by atoms with van der Waals surface area (Å²) in [6, 6.07) is 5.03. The number of nitrogen functional groups attached to an aromatic ring is 1. The number of nitrogens with two attached hydrogens (primary N) is 2. The molecule has 0 aliphatic rings. The van der Waals surface area contributed by atoms with Crippen LogP contribution in [0.3, 0.4) is 0 Å². The predicted molar refractivity (Wildman–Crippen MR) is 117 cm³/mol. The number of anilines is 3. The van der Waals surface area contributed by atoms with Crippen LogP contribution in [0.4, 0.5) is 16.0 Å². The van der Waals surface area contributed by atoms with Gasteiger partial charge in [-0.05, 0) is 39.0 Å². The van der Waals surface area contributed by atoms with Crippen LogP contribution in [0.1, 0.15) is 29.9 Å². The molecule has 0 fully saturated rings. The number of hydrogen-bond acceptors (Lipinski definition) is 8. The van der Waals surface area contributed by atoms with Crippen LogP contribution in [0.25, 0.3) is 10.6 Å². The first-order valence-corrected chi connectivity index (χ1v) is 9.59. The molecule has 3 aromatic rings. The molecule has 2 heterocycles. The maximum absolute atomic E-state index is 11.5. The number of aryl methyl sites for hydroxylation is 1. The summed E-state index contributed by atoms with van der Waals surface area (Å²) in [5, 5.41) is 6.33. The van der Waals surface area contributed by atoms with Crippen LogP contribution in [0.15, 0.2) is 23.6 Å². The second-order valence-corrected chi connectivity index (χ2v) is 7.76. The van der Waals surface area contributed by atoms with E-state index in [1.165, 1.54) is 22.7 Å².